The molecule has 0 bridgehead atoms. The molecule has 0 aromatic heterocycles. The summed E-state index contributed by atoms with van der Waals surface area (Å²) in [7, 11) is 0. The summed E-state index contributed by atoms with van der Waals surface area (Å²) >= 11 is 12.4. The van der Waals surface area contributed by atoms with E-state index in [2.05, 4.69) is 0 Å². The molecule has 3 rings (SSSR count). The van der Waals surface area contributed by atoms with Gasteiger partial charge in [0.15, 0.2) is 5.78 Å². The molecule has 1 amide bonds. The Balaban J connectivity index is 2.05. The molecule has 2 atom stereocenters. The van der Waals surface area contributed by atoms with E-state index in [0.717, 1.165) is 24.8 Å². The Morgan fingerprint density at radius 1 is 1.30 bits per heavy atom. The first-order valence-electron chi connectivity index (χ1n) is 8.15. The van der Waals surface area contributed by atoms with Gasteiger partial charge in [0.05, 0.1) is 10.0 Å². The van der Waals surface area contributed by atoms with E-state index < -0.39 is 5.41 Å². The highest BCUT2D eigenvalue weighted by atomic mass is 35.5. The molecule has 1 saturated carbocycles. The number of carbonyl (C=O) groups excluding carboxylic acids is 2. The van der Waals surface area contributed by atoms with Gasteiger partial charge in [0, 0.05) is 23.3 Å². The lowest BCUT2D eigenvalue weighted by Gasteiger charge is -2.32. The fourth-order valence-electron chi connectivity index (χ4n) is 4.46. The first kappa shape index (κ1) is 16.8. The highest BCUT2D eigenvalue weighted by Gasteiger charge is 2.52. The van der Waals surface area contributed by atoms with E-state index in [9.17, 15) is 9.59 Å². The molecule has 23 heavy (non-hydrogen) atoms. The number of carbonyl (C=O) groups is 2. The fourth-order valence-corrected chi connectivity index (χ4v) is 4.87. The summed E-state index contributed by atoms with van der Waals surface area (Å²) in [6.45, 7) is 1.96. The van der Waals surface area contributed by atoms with Crippen LogP contribution in [0.3, 0.4) is 0 Å². The monoisotopic (exact) mass is 353 g/mol. The number of rotatable bonds is 4. The van der Waals surface area contributed by atoms with E-state index in [-0.39, 0.29) is 24.0 Å². The molecule has 0 saturated heterocycles. The lowest BCUT2D eigenvalue weighted by atomic mass is 9.69. The number of benzene rings is 1. The van der Waals surface area contributed by atoms with Gasteiger partial charge >= 0.3 is 0 Å². The van der Waals surface area contributed by atoms with Crippen molar-refractivity contribution < 1.29 is 9.59 Å². The number of hydrogen-bond donors (Lipinski definition) is 1. The predicted octanol–water partition coefficient (Wildman–Crippen LogP) is 4.74. The zero-order valence-electron chi connectivity index (χ0n) is 13.2. The van der Waals surface area contributed by atoms with Crippen LogP contribution in [0.1, 0.15) is 67.3 Å². The molecule has 0 heterocycles. The summed E-state index contributed by atoms with van der Waals surface area (Å²) < 4.78 is 0. The van der Waals surface area contributed by atoms with Gasteiger partial charge in [0.25, 0.3) is 0 Å². The Labute approximate surface area is 146 Å². The van der Waals surface area contributed by atoms with E-state index in [1.54, 1.807) is 6.07 Å². The van der Waals surface area contributed by atoms with Crippen molar-refractivity contribution in [2.24, 2.45) is 17.1 Å². The molecule has 1 fully saturated rings. The zero-order chi connectivity index (χ0) is 16.8. The predicted molar refractivity (Wildman–Crippen MR) is 92.0 cm³/mol. The van der Waals surface area contributed by atoms with Crippen molar-refractivity contribution in [1.82, 2.24) is 0 Å². The van der Waals surface area contributed by atoms with Crippen LogP contribution in [-0.4, -0.2) is 11.7 Å². The molecule has 2 aliphatic rings. The minimum Gasteiger partial charge on any atom is -0.370 e. The molecule has 0 radical (unpaired) electrons. The van der Waals surface area contributed by atoms with E-state index >= 15 is 0 Å². The maximum absolute atomic E-state index is 13.2. The number of Topliss-reactive ketones (excluding diaryl/α,β-unsaturated/α-hetero) is 1. The molecule has 0 spiro atoms. The first-order chi connectivity index (χ1) is 10.8. The summed E-state index contributed by atoms with van der Waals surface area (Å²) in [5, 5.41) is 0.681. The second-order valence-corrected chi connectivity index (χ2v) is 7.93. The van der Waals surface area contributed by atoms with Crippen molar-refractivity contribution in [3.63, 3.8) is 0 Å². The average molecular weight is 354 g/mol. The Morgan fingerprint density at radius 3 is 2.57 bits per heavy atom. The van der Waals surface area contributed by atoms with Gasteiger partial charge in [-0.2, -0.15) is 0 Å². The molecule has 2 unspecified atom stereocenters. The number of fused-ring (bicyclic) bond motifs is 1. The standard InChI is InChI=1S/C18H21Cl2NO2/c1-18(9-10-4-2-3-5-10)12(8-14(21)22)11-6-7-13(19)16(20)15(11)17(18)23/h6-7,10,12H,2-5,8-9H2,1H3,(H2,21,22). The summed E-state index contributed by atoms with van der Waals surface area (Å²) in [4.78, 5) is 24.8. The van der Waals surface area contributed by atoms with Gasteiger partial charge in [-0.15, -0.1) is 0 Å². The van der Waals surface area contributed by atoms with Crippen LogP contribution in [0.2, 0.25) is 10.0 Å². The highest BCUT2D eigenvalue weighted by Crippen LogP contribution is 2.55. The first-order valence-corrected chi connectivity index (χ1v) is 8.91. The number of nitrogens with two attached hydrogens (primary N) is 1. The number of primary amides is 1. The van der Waals surface area contributed by atoms with Crippen molar-refractivity contribution in [2.75, 3.05) is 0 Å². The minimum atomic E-state index is -0.624. The molecule has 1 aromatic rings. The maximum atomic E-state index is 13.2. The van der Waals surface area contributed by atoms with Crippen molar-refractivity contribution >= 4 is 34.9 Å². The van der Waals surface area contributed by atoms with Gasteiger partial charge in [-0.05, 0) is 24.0 Å². The van der Waals surface area contributed by atoms with E-state index in [4.69, 9.17) is 28.9 Å². The van der Waals surface area contributed by atoms with Gasteiger partial charge in [-0.3, -0.25) is 9.59 Å². The molecule has 124 valence electrons. The van der Waals surface area contributed by atoms with Crippen LogP contribution in [0.25, 0.3) is 0 Å². The maximum Gasteiger partial charge on any atom is 0.218 e. The third kappa shape index (κ3) is 2.78. The molecule has 5 heteroatoms. The van der Waals surface area contributed by atoms with Crippen LogP contribution >= 0.6 is 23.2 Å². The smallest absolute Gasteiger partial charge is 0.218 e. The number of halogens is 2. The zero-order valence-corrected chi connectivity index (χ0v) is 14.7. The number of hydrogen-bond acceptors (Lipinski definition) is 2. The van der Waals surface area contributed by atoms with Crippen LogP contribution < -0.4 is 5.73 Å². The quantitative estimate of drug-likeness (QED) is 0.849. The van der Waals surface area contributed by atoms with Crippen molar-refractivity contribution in [3.8, 4) is 0 Å². The number of ketones is 1. The average Bonchev–Trinajstić information content (AvgIpc) is 3.05. The minimum absolute atomic E-state index is 0.0122. The van der Waals surface area contributed by atoms with Gasteiger partial charge < -0.3 is 5.73 Å². The summed E-state index contributed by atoms with van der Waals surface area (Å²) in [5.74, 6) is -0.0572. The second kappa shape index (κ2) is 6.10. The summed E-state index contributed by atoms with van der Waals surface area (Å²) in [6, 6.07) is 3.53. The highest BCUT2D eigenvalue weighted by molar-refractivity contribution is 6.44. The van der Waals surface area contributed by atoms with Crippen molar-refractivity contribution in [1.29, 1.82) is 0 Å². The molecule has 1 aromatic carbocycles. The van der Waals surface area contributed by atoms with Crippen LogP contribution in [0.4, 0.5) is 0 Å². The van der Waals surface area contributed by atoms with E-state index in [1.165, 1.54) is 12.8 Å². The Hall–Kier alpha value is -1.06. The lowest BCUT2D eigenvalue weighted by molar-refractivity contribution is -0.118. The Morgan fingerprint density at radius 2 is 1.96 bits per heavy atom. The molecular weight excluding hydrogens is 333 g/mol. The van der Waals surface area contributed by atoms with Gasteiger partial charge in [-0.25, -0.2) is 0 Å². The molecular formula is C18H21Cl2NO2. The second-order valence-electron chi connectivity index (χ2n) is 7.15. The third-order valence-corrected chi connectivity index (χ3v) is 6.41. The Kier molecular flexibility index (Phi) is 4.45. The molecule has 2 aliphatic carbocycles. The van der Waals surface area contributed by atoms with Gasteiger partial charge in [0.2, 0.25) is 5.91 Å². The van der Waals surface area contributed by atoms with Crippen molar-refractivity contribution in [3.05, 3.63) is 33.3 Å². The molecule has 0 aliphatic heterocycles. The SMILES string of the molecule is CC1(CC2CCCC2)C(=O)c2c(ccc(Cl)c2Cl)C1CC(N)=O. The van der Waals surface area contributed by atoms with Gasteiger partial charge in [-0.1, -0.05) is 61.9 Å². The summed E-state index contributed by atoms with van der Waals surface area (Å²) in [5.41, 5.74) is 6.15. The van der Waals surface area contributed by atoms with E-state index in [1.807, 2.05) is 13.0 Å². The normalized spacial score (nSPS) is 27.4. The van der Waals surface area contributed by atoms with Crippen molar-refractivity contribution in [2.45, 2.75) is 51.4 Å². The van der Waals surface area contributed by atoms with Gasteiger partial charge in [0.1, 0.15) is 0 Å². The number of amides is 1. The van der Waals surface area contributed by atoms with Crippen LogP contribution in [0.5, 0.6) is 0 Å². The van der Waals surface area contributed by atoms with Crippen LogP contribution in [0, 0.1) is 11.3 Å². The topological polar surface area (TPSA) is 60.2 Å². The Bertz CT molecular complexity index is 667. The van der Waals surface area contributed by atoms with Crippen LogP contribution in [-0.2, 0) is 4.79 Å². The van der Waals surface area contributed by atoms with Crippen LogP contribution in [0.15, 0.2) is 12.1 Å². The third-order valence-electron chi connectivity index (χ3n) is 5.61. The fraction of sp³-hybridized carbons (Fsp3) is 0.556. The molecule has 3 nitrogen and oxygen atoms in total. The largest absolute Gasteiger partial charge is 0.370 e. The van der Waals surface area contributed by atoms with E-state index in [0.29, 0.717) is 21.5 Å². The lowest BCUT2D eigenvalue weighted by Crippen LogP contribution is -2.32. The molecule has 2 N–H and O–H groups in total. The summed E-state index contributed by atoms with van der Waals surface area (Å²) in [6.07, 6.45) is 5.68.